The maximum Gasteiger partial charge on any atom is 0.412 e. The fourth-order valence-electron chi connectivity index (χ4n) is 3.89. The number of amides is 2. The zero-order chi connectivity index (χ0) is 24.8. The molecule has 180 valence electrons. The fourth-order valence-corrected chi connectivity index (χ4v) is 4.83. The predicted octanol–water partition coefficient (Wildman–Crippen LogP) is 4.66. The molecule has 9 nitrogen and oxygen atoms in total. The Morgan fingerprint density at radius 3 is 2.31 bits per heavy atom. The molecular weight excluding hydrogens is 470 g/mol. The number of nitrogens with zero attached hydrogens (tertiary/aromatic N) is 1. The van der Waals surface area contributed by atoms with Crippen molar-refractivity contribution in [3.63, 3.8) is 0 Å². The molecule has 2 aromatic carbocycles. The number of carboxylic acid groups (broad SMARTS) is 1. The van der Waals surface area contributed by atoms with Crippen LogP contribution in [0.25, 0.3) is 11.1 Å². The number of anilines is 1. The number of thiazole rings is 1. The van der Waals surface area contributed by atoms with Crippen LogP contribution >= 0.6 is 11.3 Å². The van der Waals surface area contributed by atoms with E-state index in [-0.39, 0.29) is 42.8 Å². The van der Waals surface area contributed by atoms with Crippen molar-refractivity contribution in [2.75, 3.05) is 25.1 Å². The van der Waals surface area contributed by atoms with Gasteiger partial charge in [0.15, 0.2) is 5.69 Å². The number of alkyl carbamates (subject to hydrolysis) is 1. The molecule has 1 aliphatic rings. The first-order chi connectivity index (χ1) is 17.0. The van der Waals surface area contributed by atoms with Gasteiger partial charge in [-0.1, -0.05) is 61.2 Å². The van der Waals surface area contributed by atoms with Crippen LogP contribution in [0.1, 0.15) is 32.5 Å². The number of hydrogen-bond donors (Lipinski definition) is 3. The first-order valence-corrected chi connectivity index (χ1v) is 11.7. The number of carboxylic acids is 1. The molecule has 10 heteroatoms. The molecule has 4 rings (SSSR count). The molecule has 0 atom stereocenters. The highest BCUT2D eigenvalue weighted by molar-refractivity contribution is 7.16. The maximum atomic E-state index is 12.3. The number of aromatic nitrogens is 1. The summed E-state index contributed by atoms with van der Waals surface area (Å²) in [6.07, 6.45) is 0.274. The summed E-state index contributed by atoms with van der Waals surface area (Å²) in [5.41, 5.74) is 4.25. The number of carbonyl (C=O) groups is 3. The third-order valence-corrected chi connectivity index (χ3v) is 6.40. The lowest BCUT2D eigenvalue weighted by atomic mass is 9.98. The molecule has 35 heavy (non-hydrogen) atoms. The van der Waals surface area contributed by atoms with Gasteiger partial charge in [0, 0.05) is 18.9 Å². The van der Waals surface area contributed by atoms with Gasteiger partial charge in [-0.25, -0.2) is 19.4 Å². The number of benzene rings is 2. The molecular formula is C25H23N3O6S. The highest BCUT2D eigenvalue weighted by Crippen LogP contribution is 2.44. The molecule has 0 saturated heterocycles. The molecule has 3 N–H and O–H groups in total. The van der Waals surface area contributed by atoms with E-state index in [1.165, 1.54) is 6.08 Å². The summed E-state index contributed by atoms with van der Waals surface area (Å²) in [5.74, 6) is -1.32. The number of rotatable bonds is 9. The summed E-state index contributed by atoms with van der Waals surface area (Å²) < 4.78 is 10.3. The zero-order valence-electron chi connectivity index (χ0n) is 18.7. The minimum Gasteiger partial charge on any atom is -0.476 e. The maximum absolute atomic E-state index is 12.3. The van der Waals surface area contributed by atoms with Crippen molar-refractivity contribution in [3.05, 3.63) is 83.0 Å². The first-order valence-electron chi connectivity index (χ1n) is 10.8. The summed E-state index contributed by atoms with van der Waals surface area (Å²) in [7, 11) is 0. The van der Waals surface area contributed by atoms with Gasteiger partial charge in [0.1, 0.15) is 18.2 Å². The van der Waals surface area contributed by atoms with E-state index in [1.54, 1.807) is 0 Å². The Kier molecular flexibility index (Phi) is 7.41. The van der Waals surface area contributed by atoms with Gasteiger partial charge in [-0.2, -0.15) is 0 Å². The Labute approximate surface area is 205 Å². The number of fused-ring (bicyclic) bond motifs is 3. The van der Waals surface area contributed by atoms with Crippen LogP contribution in [0.3, 0.4) is 0 Å². The summed E-state index contributed by atoms with van der Waals surface area (Å²) in [6, 6.07) is 16.1. The lowest BCUT2D eigenvalue weighted by molar-refractivity contribution is 0.0692. The van der Waals surface area contributed by atoms with Crippen LogP contribution < -0.4 is 10.6 Å². The van der Waals surface area contributed by atoms with Crippen molar-refractivity contribution < 1.29 is 29.0 Å². The van der Waals surface area contributed by atoms with E-state index in [9.17, 15) is 19.5 Å². The van der Waals surface area contributed by atoms with E-state index in [0.29, 0.717) is 5.01 Å². The Balaban J connectivity index is 1.31. The van der Waals surface area contributed by atoms with Gasteiger partial charge < -0.3 is 19.9 Å². The molecule has 0 unspecified atom stereocenters. The highest BCUT2D eigenvalue weighted by atomic mass is 32.1. The molecule has 1 heterocycles. The molecule has 0 radical (unpaired) electrons. The van der Waals surface area contributed by atoms with E-state index in [4.69, 9.17) is 9.47 Å². The minimum absolute atomic E-state index is 0.00996. The van der Waals surface area contributed by atoms with Gasteiger partial charge in [0.25, 0.3) is 0 Å². The molecule has 2 amide bonds. The third-order valence-electron chi connectivity index (χ3n) is 5.37. The standard InChI is InChI=1S/C25H23N3O6S/c1-2-13-33-25(32)28-22-21(23(29)30)27-20(35-22)11-12-26-24(31)34-14-19-17-9-5-3-7-15(17)16-8-4-6-10-18(16)19/h2-10,19H,1,11-14H2,(H,26,31)(H,28,32)(H,29,30). The Hall–Kier alpha value is -4.18. The van der Waals surface area contributed by atoms with Crippen LogP contribution in [0.15, 0.2) is 61.2 Å². The summed E-state index contributed by atoms with van der Waals surface area (Å²) >= 11 is 0.998. The van der Waals surface area contributed by atoms with E-state index < -0.39 is 18.2 Å². The minimum atomic E-state index is -1.28. The normalized spacial score (nSPS) is 11.8. The van der Waals surface area contributed by atoms with E-state index in [2.05, 4.69) is 34.3 Å². The van der Waals surface area contributed by atoms with Gasteiger partial charge in [-0.15, -0.1) is 11.3 Å². The van der Waals surface area contributed by atoms with Crippen molar-refractivity contribution >= 4 is 34.5 Å². The molecule has 0 aliphatic heterocycles. The molecule has 1 aliphatic carbocycles. The van der Waals surface area contributed by atoms with Crippen LogP contribution in [0.2, 0.25) is 0 Å². The molecule has 0 spiro atoms. The number of aromatic carboxylic acids is 1. The Bertz CT molecular complexity index is 1230. The van der Waals surface area contributed by atoms with Crippen molar-refractivity contribution in [1.82, 2.24) is 10.3 Å². The van der Waals surface area contributed by atoms with Gasteiger partial charge in [-0.05, 0) is 22.3 Å². The van der Waals surface area contributed by atoms with Crippen LogP contribution in [-0.2, 0) is 15.9 Å². The molecule has 3 aromatic rings. The van der Waals surface area contributed by atoms with Crippen molar-refractivity contribution in [2.45, 2.75) is 12.3 Å². The van der Waals surface area contributed by atoms with Crippen molar-refractivity contribution in [2.24, 2.45) is 0 Å². The van der Waals surface area contributed by atoms with E-state index in [1.807, 2.05) is 36.4 Å². The summed E-state index contributed by atoms with van der Waals surface area (Å²) in [6.45, 7) is 3.81. The van der Waals surface area contributed by atoms with Crippen molar-refractivity contribution in [3.8, 4) is 11.1 Å². The van der Waals surface area contributed by atoms with Gasteiger partial charge in [0.2, 0.25) is 0 Å². The van der Waals surface area contributed by atoms with Crippen LogP contribution in [0.4, 0.5) is 14.6 Å². The average molecular weight is 494 g/mol. The monoisotopic (exact) mass is 493 g/mol. The smallest absolute Gasteiger partial charge is 0.412 e. The lowest BCUT2D eigenvalue weighted by Gasteiger charge is -2.14. The summed E-state index contributed by atoms with van der Waals surface area (Å²) in [4.78, 5) is 39.5. The average Bonchev–Trinajstić information content (AvgIpc) is 3.40. The zero-order valence-corrected chi connectivity index (χ0v) is 19.5. The van der Waals surface area contributed by atoms with E-state index in [0.717, 1.165) is 33.6 Å². The molecule has 0 fully saturated rings. The number of ether oxygens (including phenoxy) is 2. The summed E-state index contributed by atoms with van der Waals surface area (Å²) in [5, 5.41) is 14.9. The van der Waals surface area contributed by atoms with E-state index >= 15 is 0 Å². The molecule has 0 bridgehead atoms. The largest absolute Gasteiger partial charge is 0.476 e. The van der Waals surface area contributed by atoms with Gasteiger partial charge in [-0.3, -0.25) is 5.32 Å². The van der Waals surface area contributed by atoms with Crippen LogP contribution in [0, 0.1) is 0 Å². The molecule has 0 saturated carbocycles. The number of carbonyl (C=O) groups excluding carboxylic acids is 2. The number of hydrogen-bond acceptors (Lipinski definition) is 7. The van der Waals surface area contributed by atoms with Crippen LogP contribution in [-0.4, -0.2) is 48.0 Å². The second-order valence-corrected chi connectivity index (χ2v) is 8.69. The Morgan fingerprint density at radius 1 is 1.03 bits per heavy atom. The SMILES string of the molecule is C=CCOC(=O)Nc1sc(CCNC(=O)OCC2c3ccccc3-c3ccccc32)nc1C(=O)O. The quantitative estimate of drug-likeness (QED) is 0.370. The van der Waals surface area contributed by atoms with Gasteiger partial charge >= 0.3 is 18.2 Å². The van der Waals surface area contributed by atoms with Crippen LogP contribution in [0.5, 0.6) is 0 Å². The Morgan fingerprint density at radius 2 is 1.69 bits per heavy atom. The lowest BCUT2D eigenvalue weighted by Crippen LogP contribution is -2.28. The predicted molar refractivity (Wildman–Crippen MR) is 131 cm³/mol. The third kappa shape index (κ3) is 5.49. The first kappa shape index (κ1) is 24.0. The topological polar surface area (TPSA) is 127 Å². The van der Waals surface area contributed by atoms with Crippen molar-refractivity contribution in [1.29, 1.82) is 0 Å². The fraction of sp³-hybridized carbons (Fsp3) is 0.200. The number of nitrogens with one attached hydrogen (secondary N) is 2. The second kappa shape index (κ2) is 10.8. The molecule has 1 aromatic heterocycles. The second-order valence-electron chi connectivity index (χ2n) is 7.60. The van der Waals surface area contributed by atoms with Gasteiger partial charge in [0.05, 0.1) is 5.01 Å². The highest BCUT2D eigenvalue weighted by Gasteiger charge is 2.29.